The SMILES string of the molecule is CN(CCN1CCCC1=O)C(=O)C(O)c1cc(Cl)cc(Cl)c1. The molecule has 1 aromatic rings. The Balaban J connectivity index is 1.95. The first-order valence-electron chi connectivity index (χ1n) is 7.05. The van der Waals surface area contributed by atoms with Gasteiger partial charge in [0.15, 0.2) is 6.10 Å². The maximum Gasteiger partial charge on any atom is 0.255 e. The van der Waals surface area contributed by atoms with Crippen molar-refractivity contribution in [2.45, 2.75) is 18.9 Å². The van der Waals surface area contributed by atoms with Crippen molar-refractivity contribution in [1.82, 2.24) is 9.80 Å². The average molecular weight is 345 g/mol. The van der Waals surface area contributed by atoms with Gasteiger partial charge in [-0.25, -0.2) is 0 Å². The summed E-state index contributed by atoms with van der Waals surface area (Å²) in [5.74, 6) is -0.340. The highest BCUT2D eigenvalue weighted by Gasteiger charge is 2.24. The van der Waals surface area contributed by atoms with E-state index in [1.54, 1.807) is 11.9 Å². The van der Waals surface area contributed by atoms with Crippen LogP contribution in [0, 0.1) is 0 Å². The van der Waals surface area contributed by atoms with Crippen LogP contribution < -0.4 is 0 Å². The van der Waals surface area contributed by atoms with E-state index in [1.807, 2.05) is 0 Å². The number of likely N-dealkylation sites (N-methyl/N-ethyl adjacent to an activating group) is 1. The van der Waals surface area contributed by atoms with Gasteiger partial charge in [-0.05, 0) is 30.2 Å². The molecule has 1 aliphatic heterocycles. The van der Waals surface area contributed by atoms with Crippen LogP contribution in [0.25, 0.3) is 0 Å². The lowest BCUT2D eigenvalue weighted by molar-refractivity contribution is -0.140. The van der Waals surface area contributed by atoms with Crippen LogP contribution in [0.1, 0.15) is 24.5 Å². The van der Waals surface area contributed by atoms with Gasteiger partial charge >= 0.3 is 0 Å². The first kappa shape index (κ1) is 17.1. The summed E-state index contributed by atoms with van der Waals surface area (Å²) in [6, 6.07) is 4.55. The lowest BCUT2D eigenvalue weighted by atomic mass is 10.1. The average Bonchev–Trinajstić information content (AvgIpc) is 2.87. The largest absolute Gasteiger partial charge is 0.378 e. The molecule has 22 heavy (non-hydrogen) atoms. The number of halogens is 2. The van der Waals surface area contributed by atoms with Crippen LogP contribution in [-0.2, 0) is 9.59 Å². The molecule has 1 aromatic carbocycles. The van der Waals surface area contributed by atoms with Crippen molar-refractivity contribution >= 4 is 35.0 Å². The molecular weight excluding hydrogens is 327 g/mol. The first-order valence-corrected chi connectivity index (χ1v) is 7.81. The maximum atomic E-state index is 12.2. The summed E-state index contributed by atoms with van der Waals surface area (Å²) < 4.78 is 0. The van der Waals surface area contributed by atoms with E-state index < -0.39 is 12.0 Å². The van der Waals surface area contributed by atoms with Crippen molar-refractivity contribution in [2.75, 3.05) is 26.7 Å². The molecule has 1 fully saturated rings. The van der Waals surface area contributed by atoms with Crippen LogP contribution in [0.2, 0.25) is 10.0 Å². The zero-order valence-corrected chi connectivity index (χ0v) is 13.8. The Morgan fingerprint density at radius 3 is 2.55 bits per heavy atom. The molecule has 120 valence electrons. The van der Waals surface area contributed by atoms with Gasteiger partial charge in [0.05, 0.1) is 0 Å². The van der Waals surface area contributed by atoms with E-state index in [0.29, 0.717) is 35.1 Å². The minimum Gasteiger partial charge on any atom is -0.378 e. The van der Waals surface area contributed by atoms with Gasteiger partial charge in [-0.3, -0.25) is 9.59 Å². The van der Waals surface area contributed by atoms with Gasteiger partial charge in [0.2, 0.25) is 5.91 Å². The quantitative estimate of drug-likeness (QED) is 0.889. The maximum absolute atomic E-state index is 12.2. The van der Waals surface area contributed by atoms with E-state index in [9.17, 15) is 14.7 Å². The second-order valence-corrected chi connectivity index (χ2v) is 6.22. The van der Waals surface area contributed by atoms with Crippen LogP contribution in [0.3, 0.4) is 0 Å². The van der Waals surface area contributed by atoms with E-state index >= 15 is 0 Å². The van der Waals surface area contributed by atoms with Crippen LogP contribution >= 0.6 is 23.2 Å². The Kier molecular flexibility index (Phi) is 5.67. The second-order valence-electron chi connectivity index (χ2n) is 5.35. The van der Waals surface area contributed by atoms with Crippen LogP contribution in [0.15, 0.2) is 18.2 Å². The van der Waals surface area contributed by atoms with Crippen molar-refractivity contribution in [3.63, 3.8) is 0 Å². The number of rotatable bonds is 5. The third-order valence-corrected chi connectivity index (χ3v) is 4.12. The molecule has 5 nitrogen and oxygen atoms in total. The number of aliphatic hydroxyl groups is 1. The molecule has 1 aliphatic rings. The van der Waals surface area contributed by atoms with Crippen LogP contribution in [0.5, 0.6) is 0 Å². The molecule has 1 heterocycles. The van der Waals surface area contributed by atoms with E-state index in [1.165, 1.54) is 23.1 Å². The van der Waals surface area contributed by atoms with Gasteiger partial charge in [-0.15, -0.1) is 0 Å². The highest BCUT2D eigenvalue weighted by molar-refractivity contribution is 6.34. The number of hydrogen-bond acceptors (Lipinski definition) is 3. The van der Waals surface area contributed by atoms with Crippen molar-refractivity contribution < 1.29 is 14.7 Å². The van der Waals surface area contributed by atoms with Gasteiger partial charge in [0.1, 0.15) is 0 Å². The standard InChI is InChI=1S/C15H18Cl2N2O3/c1-18(5-6-19-4-2-3-13(19)20)15(22)14(21)10-7-11(16)9-12(17)8-10/h7-9,14,21H,2-6H2,1H3. The van der Waals surface area contributed by atoms with Crippen molar-refractivity contribution in [3.8, 4) is 0 Å². The zero-order valence-electron chi connectivity index (χ0n) is 12.3. The monoisotopic (exact) mass is 344 g/mol. The molecule has 0 aliphatic carbocycles. The fraction of sp³-hybridized carbons (Fsp3) is 0.467. The number of likely N-dealkylation sites (tertiary alicyclic amines) is 1. The minimum absolute atomic E-state index is 0.114. The predicted octanol–water partition coefficient (Wildman–Crippen LogP) is 2.11. The third-order valence-electron chi connectivity index (χ3n) is 3.69. The fourth-order valence-corrected chi connectivity index (χ4v) is 2.95. The Morgan fingerprint density at radius 1 is 1.36 bits per heavy atom. The summed E-state index contributed by atoms with van der Waals surface area (Å²) in [4.78, 5) is 26.9. The molecule has 0 radical (unpaired) electrons. The van der Waals surface area contributed by atoms with Crippen LogP contribution in [0.4, 0.5) is 0 Å². The van der Waals surface area contributed by atoms with Crippen molar-refractivity contribution in [2.24, 2.45) is 0 Å². The summed E-state index contributed by atoms with van der Waals surface area (Å²) in [7, 11) is 1.60. The molecule has 0 spiro atoms. The predicted molar refractivity (Wildman–Crippen MR) is 84.9 cm³/mol. The number of hydrogen-bond donors (Lipinski definition) is 1. The van der Waals surface area contributed by atoms with Gasteiger partial charge < -0.3 is 14.9 Å². The second kappa shape index (κ2) is 7.31. The lowest BCUT2D eigenvalue weighted by Gasteiger charge is -2.24. The number of aliphatic hydroxyl groups excluding tert-OH is 1. The van der Waals surface area contributed by atoms with Gasteiger partial charge in [0, 0.05) is 43.1 Å². The third kappa shape index (κ3) is 4.12. The van der Waals surface area contributed by atoms with E-state index in [2.05, 4.69) is 0 Å². The summed E-state index contributed by atoms with van der Waals surface area (Å²) in [6.07, 6.45) is 0.108. The highest BCUT2D eigenvalue weighted by Crippen LogP contribution is 2.24. The minimum atomic E-state index is -1.32. The van der Waals surface area contributed by atoms with Gasteiger partial charge in [-0.2, -0.15) is 0 Å². The van der Waals surface area contributed by atoms with Crippen molar-refractivity contribution in [3.05, 3.63) is 33.8 Å². The Labute approximate surface area is 139 Å². The molecule has 1 atom stereocenters. The summed E-state index contributed by atoms with van der Waals surface area (Å²) >= 11 is 11.8. The van der Waals surface area contributed by atoms with E-state index in [-0.39, 0.29) is 5.91 Å². The molecule has 1 N–H and O–H groups in total. The molecule has 7 heteroatoms. The fourth-order valence-electron chi connectivity index (χ4n) is 2.41. The van der Waals surface area contributed by atoms with E-state index in [0.717, 1.165) is 13.0 Å². The molecule has 0 saturated carbocycles. The molecule has 1 unspecified atom stereocenters. The lowest BCUT2D eigenvalue weighted by Crippen LogP contribution is -2.39. The number of amides is 2. The van der Waals surface area contributed by atoms with Crippen LogP contribution in [-0.4, -0.2) is 53.4 Å². The first-order chi connectivity index (χ1) is 10.4. The Hall–Kier alpha value is -1.30. The molecule has 2 amide bonds. The Morgan fingerprint density at radius 2 is 2.00 bits per heavy atom. The summed E-state index contributed by atoms with van der Waals surface area (Å²) in [5, 5.41) is 10.9. The number of carbonyl (C=O) groups excluding carboxylic acids is 2. The molecular formula is C15H18Cl2N2O3. The number of carbonyl (C=O) groups is 2. The Bertz CT molecular complexity index is 560. The van der Waals surface area contributed by atoms with Gasteiger partial charge in [-0.1, -0.05) is 23.2 Å². The molecule has 2 rings (SSSR count). The molecule has 1 saturated heterocycles. The highest BCUT2D eigenvalue weighted by atomic mass is 35.5. The number of nitrogens with zero attached hydrogens (tertiary/aromatic N) is 2. The van der Waals surface area contributed by atoms with E-state index in [4.69, 9.17) is 23.2 Å². The number of benzene rings is 1. The normalized spacial score (nSPS) is 16.0. The van der Waals surface area contributed by atoms with Crippen molar-refractivity contribution in [1.29, 1.82) is 0 Å². The summed E-state index contributed by atoms with van der Waals surface area (Å²) in [6.45, 7) is 1.58. The zero-order chi connectivity index (χ0) is 16.3. The summed E-state index contributed by atoms with van der Waals surface area (Å²) in [5.41, 5.74) is 0.353. The smallest absolute Gasteiger partial charge is 0.255 e. The van der Waals surface area contributed by atoms with Gasteiger partial charge in [0.25, 0.3) is 5.91 Å². The topological polar surface area (TPSA) is 60.9 Å². The molecule has 0 bridgehead atoms. The molecule has 0 aromatic heterocycles.